The van der Waals surface area contributed by atoms with Gasteiger partial charge in [-0.3, -0.25) is 0 Å². The van der Waals surface area contributed by atoms with Crippen molar-refractivity contribution in [2.75, 3.05) is 0 Å². The fourth-order valence-corrected chi connectivity index (χ4v) is 10.0. The molecule has 0 heterocycles. The fraction of sp³-hybridized carbons (Fsp3) is 0.941. The van der Waals surface area contributed by atoms with Crippen LogP contribution >= 0.6 is 0 Å². The second-order valence-corrected chi connectivity index (χ2v) is 13.8. The second kappa shape index (κ2) is 11.0. The van der Waals surface area contributed by atoms with Gasteiger partial charge >= 0.3 is 0 Å². The lowest BCUT2D eigenvalue weighted by molar-refractivity contribution is -0.135. The van der Waals surface area contributed by atoms with Crippen molar-refractivity contribution < 1.29 is 0 Å². The van der Waals surface area contributed by atoms with E-state index in [1.807, 2.05) is 47.1 Å². The Hall–Kier alpha value is -0.260. The van der Waals surface area contributed by atoms with Crippen LogP contribution in [0.1, 0.15) is 160 Å². The molecule has 200 valence electrons. The zero-order valence-electron chi connectivity index (χ0n) is 25.8. The van der Waals surface area contributed by atoms with Crippen molar-refractivity contribution in [1.82, 2.24) is 0 Å². The first-order valence-electron chi connectivity index (χ1n) is 15.7. The van der Waals surface area contributed by atoms with Gasteiger partial charge in [-0.25, -0.2) is 0 Å². The predicted octanol–water partition coefficient (Wildman–Crippen LogP) is 11.6. The number of rotatable bonds is 0. The van der Waals surface area contributed by atoms with E-state index in [2.05, 4.69) is 47.6 Å². The minimum Gasteiger partial charge on any atom is -0.0841 e. The molecule has 0 nitrogen and oxygen atoms in total. The lowest BCUT2D eigenvalue weighted by atomic mass is 9.36. The van der Waals surface area contributed by atoms with Crippen molar-refractivity contribution in [3.05, 3.63) is 11.6 Å². The summed E-state index contributed by atoms with van der Waals surface area (Å²) in [5.74, 6) is 2.84. The molecule has 0 heteroatoms. The standard InChI is InChI=1S/C28H46.3C2H6/c1-24(2)17-18-25(3)15-13-21-22(28(25,6)19-24)10-11-23-26(4)14-8-7-9-20(26)12-16-27(21,23)5;3*1-2/h10,20-21,23H,7-9,11-19H2,1-6H3;3*1-2H3. The van der Waals surface area contributed by atoms with Crippen LogP contribution in [0.25, 0.3) is 0 Å². The van der Waals surface area contributed by atoms with E-state index in [0.29, 0.717) is 27.1 Å². The Morgan fingerprint density at radius 1 is 0.647 bits per heavy atom. The van der Waals surface area contributed by atoms with Crippen LogP contribution in [0, 0.1) is 44.8 Å². The summed E-state index contributed by atoms with van der Waals surface area (Å²) in [6.45, 7) is 27.9. The van der Waals surface area contributed by atoms with Crippen molar-refractivity contribution in [2.24, 2.45) is 44.8 Å². The molecule has 0 aliphatic heterocycles. The van der Waals surface area contributed by atoms with Gasteiger partial charge in [0.05, 0.1) is 0 Å². The van der Waals surface area contributed by atoms with Gasteiger partial charge in [0.15, 0.2) is 0 Å². The number of allylic oxidation sites excluding steroid dienone is 2. The summed E-state index contributed by atoms with van der Waals surface area (Å²) in [6.07, 6.45) is 20.5. The van der Waals surface area contributed by atoms with E-state index in [9.17, 15) is 0 Å². The third-order valence-electron chi connectivity index (χ3n) is 12.0. The van der Waals surface area contributed by atoms with Crippen molar-refractivity contribution in [3.8, 4) is 0 Å². The van der Waals surface area contributed by atoms with Crippen LogP contribution in [0.15, 0.2) is 11.6 Å². The molecule has 4 saturated carbocycles. The summed E-state index contributed by atoms with van der Waals surface area (Å²) in [6, 6.07) is 0. The molecule has 0 aromatic heterocycles. The molecule has 4 fully saturated rings. The SMILES string of the molecule is CC.CC.CC.CC1(C)CCC2(C)CCC3C(=CCC4C5(C)CCCCC5CCC34C)C2(C)C1. The highest BCUT2D eigenvalue weighted by Crippen LogP contribution is 2.73. The maximum atomic E-state index is 2.85. The Kier molecular flexibility index (Phi) is 9.70. The molecular weight excluding hydrogens is 408 g/mol. The van der Waals surface area contributed by atoms with Crippen LogP contribution in [0.2, 0.25) is 0 Å². The molecule has 34 heavy (non-hydrogen) atoms. The molecule has 0 N–H and O–H groups in total. The van der Waals surface area contributed by atoms with Gasteiger partial charge in [0, 0.05) is 0 Å². The van der Waals surface area contributed by atoms with Crippen molar-refractivity contribution in [3.63, 3.8) is 0 Å². The third-order valence-corrected chi connectivity index (χ3v) is 12.0. The van der Waals surface area contributed by atoms with Crippen molar-refractivity contribution in [1.29, 1.82) is 0 Å². The summed E-state index contributed by atoms with van der Waals surface area (Å²) in [5.41, 5.74) is 4.63. The van der Waals surface area contributed by atoms with Crippen LogP contribution < -0.4 is 0 Å². The summed E-state index contributed by atoms with van der Waals surface area (Å²) in [5, 5.41) is 0. The molecule has 0 spiro atoms. The van der Waals surface area contributed by atoms with Crippen LogP contribution in [0.4, 0.5) is 0 Å². The smallest absolute Gasteiger partial charge is 0.00546 e. The maximum Gasteiger partial charge on any atom is -0.00546 e. The molecule has 7 atom stereocenters. The lowest BCUT2D eigenvalue weighted by Crippen LogP contribution is -2.59. The van der Waals surface area contributed by atoms with E-state index in [1.165, 1.54) is 77.0 Å². The number of hydrogen-bond acceptors (Lipinski definition) is 0. The first kappa shape index (κ1) is 30.0. The molecule has 5 aliphatic carbocycles. The number of hydrogen-bond donors (Lipinski definition) is 0. The molecule has 0 amide bonds. The largest absolute Gasteiger partial charge is 0.0841 e. The van der Waals surface area contributed by atoms with E-state index in [0.717, 1.165) is 17.8 Å². The minimum absolute atomic E-state index is 0.440. The molecule has 5 rings (SSSR count). The average molecular weight is 473 g/mol. The molecule has 0 aromatic rings. The normalized spacial score (nSPS) is 46.0. The fourth-order valence-electron chi connectivity index (χ4n) is 10.0. The Balaban J connectivity index is 0.000000633. The van der Waals surface area contributed by atoms with Gasteiger partial charge in [-0.05, 0) is 109 Å². The number of fused-ring (bicyclic) bond motifs is 7. The zero-order chi connectivity index (χ0) is 26.0. The highest BCUT2D eigenvalue weighted by atomic mass is 14.7. The van der Waals surface area contributed by atoms with E-state index in [4.69, 9.17) is 0 Å². The molecule has 7 unspecified atom stereocenters. The highest BCUT2D eigenvalue weighted by Gasteiger charge is 2.64. The van der Waals surface area contributed by atoms with Gasteiger partial charge in [-0.15, -0.1) is 0 Å². The molecule has 0 saturated heterocycles. The maximum absolute atomic E-state index is 2.85. The summed E-state index contributed by atoms with van der Waals surface area (Å²) in [4.78, 5) is 0. The van der Waals surface area contributed by atoms with Gasteiger partial charge in [0.1, 0.15) is 0 Å². The second-order valence-electron chi connectivity index (χ2n) is 13.8. The van der Waals surface area contributed by atoms with Gasteiger partial charge in [0.2, 0.25) is 0 Å². The summed E-state index contributed by atoms with van der Waals surface area (Å²) < 4.78 is 0. The average Bonchev–Trinajstić information content (AvgIpc) is 2.83. The van der Waals surface area contributed by atoms with Crippen LogP contribution in [-0.4, -0.2) is 0 Å². The Labute approximate surface area is 216 Å². The summed E-state index contributed by atoms with van der Waals surface area (Å²) in [7, 11) is 0. The van der Waals surface area contributed by atoms with Crippen LogP contribution in [0.3, 0.4) is 0 Å². The van der Waals surface area contributed by atoms with E-state index >= 15 is 0 Å². The quantitative estimate of drug-likeness (QED) is 0.307. The summed E-state index contributed by atoms with van der Waals surface area (Å²) >= 11 is 0. The minimum atomic E-state index is 0.440. The molecule has 0 bridgehead atoms. The molecule has 0 aromatic carbocycles. The Morgan fingerprint density at radius 2 is 1.29 bits per heavy atom. The molecule has 5 aliphatic rings. The molecule has 0 radical (unpaired) electrons. The predicted molar refractivity (Wildman–Crippen MR) is 154 cm³/mol. The van der Waals surface area contributed by atoms with Gasteiger partial charge < -0.3 is 0 Å². The van der Waals surface area contributed by atoms with Gasteiger partial charge in [-0.2, -0.15) is 0 Å². The first-order chi connectivity index (χ1) is 16.0. The van der Waals surface area contributed by atoms with E-state index in [1.54, 1.807) is 0 Å². The van der Waals surface area contributed by atoms with E-state index in [-0.39, 0.29) is 0 Å². The van der Waals surface area contributed by atoms with Crippen molar-refractivity contribution >= 4 is 0 Å². The van der Waals surface area contributed by atoms with E-state index < -0.39 is 0 Å². The Morgan fingerprint density at radius 3 is 1.94 bits per heavy atom. The van der Waals surface area contributed by atoms with Crippen LogP contribution in [-0.2, 0) is 0 Å². The van der Waals surface area contributed by atoms with Crippen molar-refractivity contribution in [2.45, 2.75) is 160 Å². The van der Waals surface area contributed by atoms with Gasteiger partial charge in [0.25, 0.3) is 0 Å². The third kappa shape index (κ3) is 4.60. The zero-order valence-corrected chi connectivity index (χ0v) is 25.8. The first-order valence-corrected chi connectivity index (χ1v) is 15.7. The van der Waals surface area contributed by atoms with Gasteiger partial charge in [-0.1, -0.05) is 108 Å². The molecular formula is C34H64. The lowest BCUT2D eigenvalue weighted by Gasteiger charge is -2.68. The highest BCUT2D eigenvalue weighted by molar-refractivity contribution is 5.32. The topological polar surface area (TPSA) is 0 Å². The van der Waals surface area contributed by atoms with Crippen LogP contribution in [0.5, 0.6) is 0 Å². The monoisotopic (exact) mass is 473 g/mol. The Bertz CT molecular complexity index is 684.